The Labute approximate surface area is 223 Å². The lowest BCUT2D eigenvalue weighted by molar-refractivity contribution is -0.124. The van der Waals surface area contributed by atoms with Crippen molar-refractivity contribution in [2.45, 2.75) is 37.8 Å². The molecule has 0 aromatic heterocycles. The summed E-state index contributed by atoms with van der Waals surface area (Å²) < 4.78 is 19.0. The average molecular weight is 516 g/mol. The molecule has 2 heterocycles. The lowest BCUT2D eigenvalue weighted by Crippen LogP contribution is -2.47. The molecule has 2 aliphatic rings. The average Bonchev–Trinajstić information content (AvgIpc) is 3.47. The van der Waals surface area contributed by atoms with Gasteiger partial charge in [0.05, 0.1) is 19.1 Å². The van der Waals surface area contributed by atoms with E-state index in [0.717, 1.165) is 42.7 Å². The van der Waals surface area contributed by atoms with Crippen LogP contribution in [0.5, 0.6) is 5.75 Å². The van der Waals surface area contributed by atoms with Crippen molar-refractivity contribution in [1.82, 2.24) is 15.1 Å². The fourth-order valence-electron chi connectivity index (χ4n) is 5.64. The van der Waals surface area contributed by atoms with E-state index in [1.54, 1.807) is 30.2 Å². The lowest BCUT2D eigenvalue weighted by atomic mass is 9.79. The molecule has 0 saturated carbocycles. The minimum absolute atomic E-state index is 0.101. The fraction of sp³-hybridized carbons (Fsp3) is 0.355. The molecular weight excluding hydrogens is 481 g/mol. The summed E-state index contributed by atoms with van der Waals surface area (Å²) >= 11 is 0. The van der Waals surface area contributed by atoms with Crippen LogP contribution in [0.2, 0.25) is 0 Å². The topological polar surface area (TPSA) is 61.9 Å². The number of ether oxygens (including phenoxy) is 1. The van der Waals surface area contributed by atoms with E-state index < -0.39 is 12.0 Å². The number of fused-ring (bicyclic) bond motifs is 1. The second-order valence-corrected chi connectivity index (χ2v) is 10.0. The molecule has 0 aliphatic carbocycles. The second kappa shape index (κ2) is 11.8. The van der Waals surface area contributed by atoms with Gasteiger partial charge in [-0.3, -0.25) is 9.59 Å². The Hall–Kier alpha value is -3.71. The number of benzene rings is 3. The minimum Gasteiger partial charge on any atom is -0.497 e. The molecule has 1 fully saturated rings. The Bertz CT molecular complexity index is 1260. The molecular formula is C31H34FN3O3. The molecule has 3 aromatic carbocycles. The van der Waals surface area contributed by atoms with Crippen molar-refractivity contribution in [3.05, 3.63) is 101 Å². The molecule has 1 saturated heterocycles. The Morgan fingerprint density at radius 2 is 1.71 bits per heavy atom. The maximum absolute atomic E-state index is 13.9. The Morgan fingerprint density at radius 1 is 1.00 bits per heavy atom. The van der Waals surface area contributed by atoms with Crippen molar-refractivity contribution in [2.24, 2.45) is 0 Å². The predicted octanol–water partition coefficient (Wildman–Crippen LogP) is 4.92. The highest BCUT2D eigenvalue weighted by atomic mass is 19.1. The third-order valence-electron chi connectivity index (χ3n) is 7.59. The van der Waals surface area contributed by atoms with Gasteiger partial charge in [-0.1, -0.05) is 42.5 Å². The van der Waals surface area contributed by atoms with Gasteiger partial charge in [0.15, 0.2) is 0 Å². The van der Waals surface area contributed by atoms with E-state index >= 15 is 0 Å². The van der Waals surface area contributed by atoms with Crippen LogP contribution in [0, 0.1) is 5.82 Å². The predicted molar refractivity (Wildman–Crippen MR) is 144 cm³/mol. The zero-order chi connectivity index (χ0) is 26.5. The van der Waals surface area contributed by atoms with E-state index in [1.807, 2.05) is 42.5 Å². The molecule has 0 bridgehead atoms. The Balaban J connectivity index is 1.48. The zero-order valence-corrected chi connectivity index (χ0v) is 21.7. The molecule has 38 heavy (non-hydrogen) atoms. The van der Waals surface area contributed by atoms with Crippen LogP contribution in [0.1, 0.15) is 58.3 Å². The molecule has 2 amide bonds. The maximum atomic E-state index is 13.9. The normalized spacial score (nSPS) is 19.3. The molecule has 7 heteroatoms. The van der Waals surface area contributed by atoms with Crippen molar-refractivity contribution in [3.63, 3.8) is 0 Å². The van der Waals surface area contributed by atoms with Crippen molar-refractivity contribution in [3.8, 4) is 5.75 Å². The highest BCUT2D eigenvalue weighted by Gasteiger charge is 2.44. The van der Waals surface area contributed by atoms with Crippen molar-refractivity contribution in [1.29, 1.82) is 0 Å². The van der Waals surface area contributed by atoms with Gasteiger partial charge in [-0.2, -0.15) is 0 Å². The van der Waals surface area contributed by atoms with Crippen LogP contribution in [-0.4, -0.2) is 54.9 Å². The molecule has 2 atom stereocenters. The molecule has 0 radical (unpaired) electrons. The number of carbonyl (C=O) groups excluding carboxylic acids is 2. The zero-order valence-electron chi connectivity index (χ0n) is 21.7. The smallest absolute Gasteiger partial charge is 0.255 e. The van der Waals surface area contributed by atoms with Gasteiger partial charge in [0, 0.05) is 18.7 Å². The van der Waals surface area contributed by atoms with E-state index in [1.165, 1.54) is 25.0 Å². The van der Waals surface area contributed by atoms with E-state index in [0.29, 0.717) is 17.9 Å². The quantitative estimate of drug-likeness (QED) is 0.411. The van der Waals surface area contributed by atoms with Crippen molar-refractivity contribution in [2.75, 3.05) is 33.3 Å². The monoisotopic (exact) mass is 515 g/mol. The van der Waals surface area contributed by atoms with Crippen LogP contribution >= 0.6 is 0 Å². The van der Waals surface area contributed by atoms with Gasteiger partial charge < -0.3 is 19.9 Å². The highest BCUT2D eigenvalue weighted by Crippen LogP contribution is 2.44. The van der Waals surface area contributed by atoms with Gasteiger partial charge in [-0.15, -0.1) is 0 Å². The molecule has 1 N–H and O–H groups in total. The first-order valence-corrected chi connectivity index (χ1v) is 13.3. The van der Waals surface area contributed by atoms with E-state index in [-0.39, 0.29) is 24.2 Å². The number of hydrogen-bond donors (Lipinski definition) is 1. The number of amides is 2. The third kappa shape index (κ3) is 5.58. The van der Waals surface area contributed by atoms with Gasteiger partial charge in [-0.25, -0.2) is 4.39 Å². The third-order valence-corrected chi connectivity index (χ3v) is 7.59. The summed E-state index contributed by atoms with van der Waals surface area (Å²) in [4.78, 5) is 31.9. The first kappa shape index (κ1) is 25.9. The molecule has 2 aliphatic heterocycles. The Morgan fingerprint density at radius 3 is 2.42 bits per heavy atom. The summed E-state index contributed by atoms with van der Waals surface area (Å²) in [7, 11) is 1.61. The number of hydrogen-bond acceptors (Lipinski definition) is 4. The first-order valence-electron chi connectivity index (χ1n) is 13.3. The molecule has 198 valence electrons. The highest BCUT2D eigenvalue weighted by molar-refractivity contribution is 6.01. The SMILES string of the molecule is COc1ccc([C@H]2[C@H](C(=O)NCCCN3CCCC3)c3ccccc3C(=O)N2Cc2ccc(F)cc2)cc1. The van der Waals surface area contributed by atoms with Crippen molar-refractivity contribution < 1.29 is 18.7 Å². The Kier molecular flexibility index (Phi) is 8.03. The summed E-state index contributed by atoms with van der Waals surface area (Å²) in [6.07, 6.45) is 3.37. The molecule has 5 rings (SSSR count). The standard InChI is InChI=1S/C31H34FN3O3/c1-38-25-15-11-23(12-16-25)29-28(30(36)33-17-6-20-34-18-4-5-19-34)26-7-2-3-8-27(26)31(37)35(29)21-22-9-13-24(32)14-10-22/h2-3,7-16,28-29H,4-6,17-21H2,1H3,(H,33,36)/t28-,29+/m1/s1. The van der Waals surface area contributed by atoms with Crippen LogP contribution in [0.25, 0.3) is 0 Å². The molecule has 0 unspecified atom stereocenters. The summed E-state index contributed by atoms with van der Waals surface area (Å²) in [5.74, 6) is -0.476. The summed E-state index contributed by atoms with van der Waals surface area (Å²) in [6.45, 7) is 4.06. The summed E-state index contributed by atoms with van der Waals surface area (Å²) in [5, 5.41) is 3.17. The number of rotatable bonds is 9. The largest absolute Gasteiger partial charge is 0.497 e. The van der Waals surface area contributed by atoms with E-state index in [2.05, 4.69) is 10.2 Å². The van der Waals surface area contributed by atoms with Crippen LogP contribution in [0.3, 0.4) is 0 Å². The summed E-state index contributed by atoms with van der Waals surface area (Å²) in [6, 6.07) is 20.5. The lowest BCUT2D eigenvalue weighted by Gasteiger charge is -2.42. The van der Waals surface area contributed by atoms with Crippen LogP contribution in [-0.2, 0) is 11.3 Å². The fourth-order valence-corrected chi connectivity index (χ4v) is 5.64. The number of methoxy groups -OCH3 is 1. The maximum Gasteiger partial charge on any atom is 0.255 e. The van der Waals surface area contributed by atoms with Gasteiger partial charge in [-0.05, 0) is 85.9 Å². The van der Waals surface area contributed by atoms with Crippen LogP contribution < -0.4 is 10.1 Å². The number of nitrogens with one attached hydrogen (secondary N) is 1. The first-order chi connectivity index (χ1) is 18.5. The second-order valence-electron chi connectivity index (χ2n) is 10.0. The summed E-state index contributed by atoms with van der Waals surface area (Å²) in [5.41, 5.74) is 2.89. The van der Waals surface area contributed by atoms with Crippen molar-refractivity contribution >= 4 is 11.8 Å². The molecule has 0 spiro atoms. The van der Waals surface area contributed by atoms with Gasteiger partial charge in [0.25, 0.3) is 5.91 Å². The van der Waals surface area contributed by atoms with Gasteiger partial charge in [0.2, 0.25) is 5.91 Å². The number of nitrogens with zero attached hydrogens (tertiary/aromatic N) is 2. The number of halogens is 1. The number of carbonyl (C=O) groups is 2. The molecule has 6 nitrogen and oxygen atoms in total. The van der Waals surface area contributed by atoms with E-state index in [9.17, 15) is 14.0 Å². The minimum atomic E-state index is -0.593. The van der Waals surface area contributed by atoms with Crippen LogP contribution in [0.4, 0.5) is 4.39 Å². The van der Waals surface area contributed by atoms with Gasteiger partial charge >= 0.3 is 0 Å². The molecule has 3 aromatic rings. The van der Waals surface area contributed by atoms with Gasteiger partial charge in [0.1, 0.15) is 11.6 Å². The number of likely N-dealkylation sites (tertiary alicyclic amines) is 1. The van der Waals surface area contributed by atoms with Crippen LogP contribution in [0.15, 0.2) is 72.8 Å². The van der Waals surface area contributed by atoms with E-state index in [4.69, 9.17) is 4.74 Å².